The van der Waals surface area contributed by atoms with Crippen molar-refractivity contribution in [2.45, 2.75) is 13.3 Å². The first-order chi connectivity index (χ1) is 9.04. The molecule has 0 bridgehead atoms. The van der Waals surface area contributed by atoms with E-state index in [9.17, 15) is 9.59 Å². The van der Waals surface area contributed by atoms with Crippen molar-refractivity contribution in [1.82, 2.24) is 4.98 Å². The van der Waals surface area contributed by atoms with E-state index in [2.05, 4.69) is 10.3 Å². The van der Waals surface area contributed by atoms with E-state index in [1.54, 1.807) is 6.07 Å². The first kappa shape index (κ1) is 13.2. The second kappa shape index (κ2) is 5.62. The molecule has 6 heteroatoms. The van der Waals surface area contributed by atoms with Crippen LogP contribution in [0.5, 0.6) is 0 Å². The average molecular weight is 276 g/mol. The summed E-state index contributed by atoms with van der Waals surface area (Å²) >= 11 is 1.17. The van der Waals surface area contributed by atoms with Crippen LogP contribution in [0.2, 0.25) is 0 Å². The summed E-state index contributed by atoms with van der Waals surface area (Å²) in [5.41, 5.74) is 1.75. The molecule has 2 N–H and O–H groups in total. The quantitative estimate of drug-likeness (QED) is 0.898. The van der Waals surface area contributed by atoms with Crippen LogP contribution >= 0.6 is 11.3 Å². The van der Waals surface area contributed by atoms with Crippen molar-refractivity contribution in [2.24, 2.45) is 0 Å². The predicted molar refractivity (Wildman–Crippen MR) is 72.6 cm³/mol. The molecule has 0 fully saturated rings. The number of hydrogen-bond acceptors (Lipinski definition) is 4. The van der Waals surface area contributed by atoms with Crippen molar-refractivity contribution >= 4 is 28.9 Å². The van der Waals surface area contributed by atoms with E-state index in [0.29, 0.717) is 5.01 Å². The Morgan fingerprint density at radius 1 is 1.42 bits per heavy atom. The van der Waals surface area contributed by atoms with Gasteiger partial charge in [0.2, 0.25) is 5.91 Å². The Labute approximate surface area is 113 Å². The summed E-state index contributed by atoms with van der Waals surface area (Å²) in [5.74, 6) is -1.29. The maximum absolute atomic E-state index is 11.8. The molecule has 2 aromatic rings. The number of amides is 1. The number of hydrogen-bond donors (Lipinski definition) is 2. The zero-order chi connectivity index (χ0) is 13.8. The van der Waals surface area contributed by atoms with Crippen molar-refractivity contribution in [3.63, 3.8) is 0 Å². The second-order valence-electron chi connectivity index (χ2n) is 4.03. The number of carbonyl (C=O) groups excluding carboxylic acids is 1. The van der Waals surface area contributed by atoms with Crippen LogP contribution in [0.4, 0.5) is 5.69 Å². The van der Waals surface area contributed by atoms with E-state index in [0.717, 1.165) is 11.3 Å². The van der Waals surface area contributed by atoms with E-state index >= 15 is 0 Å². The van der Waals surface area contributed by atoms with E-state index in [1.807, 2.05) is 25.1 Å². The highest BCUT2D eigenvalue weighted by atomic mass is 32.1. The summed E-state index contributed by atoms with van der Waals surface area (Å²) in [6.45, 7) is 1.94. The third kappa shape index (κ3) is 3.62. The van der Waals surface area contributed by atoms with E-state index < -0.39 is 5.97 Å². The minimum Gasteiger partial charge on any atom is -0.476 e. The second-order valence-corrected chi connectivity index (χ2v) is 4.97. The van der Waals surface area contributed by atoms with Gasteiger partial charge in [-0.15, -0.1) is 11.3 Å². The number of nitrogens with zero attached hydrogens (tertiary/aromatic N) is 1. The van der Waals surface area contributed by atoms with Gasteiger partial charge in [0.05, 0.1) is 6.42 Å². The number of aromatic nitrogens is 1. The number of carbonyl (C=O) groups is 2. The van der Waals surface area contributed by atoms with E-state index in [4.69, 9.17) is 5.11 Å². The third-order valence-corrected chi connectivity index (χ3v) is 3.23. The van der Waals surface area contributed by atoms with Gasteiger partial charge in [0.1, 0.15) is 5.01 Å². The van der Waals surface area contributed by atoms with Gasteiger partial charge in [-0.3, -0.25) is 4.79 Å². The number of rotatable bonds is 4. The van der Waals surface area contributed by atoms with Crippen LogP contribution < -0.4 is 5.32 Å². The lowest BCUT2D eigenvalue weighted by molar-refractivity contribution is -0.115. The fraction of sp³-hybridized carbons (Fsp3) is 0.154. The molecule has 19 heavy (non-hydrogen) atoms. The maximum Gasteiger partial charge on any atom is 0.355 e. The number of aromatic carboxylic acids is 1. The Kier molecular flexibility index (Phi) is 3.91. The molecule has 0 aliphatic heterocycles. The van der Waals surface area contributed by atoms with Crippen LogP contribution in [0.3, 0.4) is 0 Å². The molecular formula is C13H12N2O3S. The number of carboxylic acids is 1. The minimum absolute atomic E-state index is 0.0247. The van der Waals surface area contributed by atoms with Crippen molar-refractivity contribution in [3.05, 3.63) is 45.9 Å². The van der Waals surface area contributed by atoms with Gasteiger partial charge in [-0.25, -0.2) is 9.78 Å². The molecule has 1 amide bonds. The average Bonchev–Trinajstić information content (AvgIpc) is 2.77. The molecule has 2 rings (SSSR count). The highest BCUT2D eigenvalue weighted by Crippen LogP contribution is 2.13. The Morgan fingerprint density at radius 2 is 2.21 bits per heavy atom. The molecule has 0 spiro atoms. The topological polar surface area (TPSA) is 79.3 Å². The van der Waals surface area contributed by atoms with E-state index in [-0.39, 0.29) is 18.0 Å². The lowest BCUT2D eigenvalue weighted by Crippen LogP contribution is -2.14. The first-order valence-electron chi connectivity index (χ1n) is 5.59. The number of anilines is 1. The first-order valence-corrected chi connectivity index (χ1v) is 6.47. The van der Waals surface area contributed by atoms with Crippen LogP contribution in [-0.4, -0.2) is 22.0 Å². The summed E-state index contributed by atoms with van der Waals surface area (Å²) in [6, 6.07) is 7.46. The molecule has 1 heterocycles. The Balaban J connectivity index is 1.99. The molecule has 98 valence electrons. The Morgan fingerprint density at radius 3 is 2.84 bits per heavy atom. The molecule has 0 radical (unpaired) electrons. The van der Waals surface area contributed by atoms with Crippen molar-refractivity contribution in [1.29, 1.82) is 0 Å². The standard InChI is InChI=1S/C13H12N2O3S/c1-8-3-2-4-9(5-8)14-11(16)6-12-15-10(7-19-12)13(17)18/h2-5,7H,6H2,1H3,(H,14,16)(H,17,18). The van der Waals surface area contributed by atoms with Gasteiger partial charge < -0.3 is 10.4 Å². The van der Waals surface area contributed by atoms with Crippen LogP contribution in [0.1, 0.15) is 21.1 Å². The number of thiazole rings is 1. The summed E-state index contributed by atoms with van der Waals surface area (Å²) < 4.78 is 0. The fourth-order valence-electron chi connectivity index (χ4n) is 1.56. The summed E-state index contributed by atoms with van der Waals surface area (Å²) in [6.07, 6.45) is 0.0753. The molecule has 0 unspecified atom stereocenters. The summed E-state index contributed by atoms with van der Waals surface area (Å²) in [4.78, 5) is 26.3. The van der Waals surface area contributed by atoms with Gasteiger partial charge in [0, 0.05) is 11.1 Å². The SMILES string of the molecule is Cc1cccc(NC(=O)Cc2nc(C(=O)O)cs2)c1. The lowest BCUT2D eigenvalue weighted by Gasteiger charge is -2.04. The smallest absolute Gasteiger partial charge is 0.355 e. The van der Waals surface area contributed by atoms with E-state index in [1.165, 1.54) is 16.7 Å². The van der Waals surface area contributed by atoms with Gasteiger partial charge in [-0.2, -0.15) is 0 Å². The molecular weight excluding hydrogens is 264 g/mol. The molecule has 0 atom stereocenters. The van der Waals surface area contributed by atoms with Crippen molar-refractivity contribution in [2.75, 3.05) is 5.32 Å². The van der Waals surface area contributed by atoms with Crippen LogP contribution in [0, 0.1) is 6.92 Å². The predicted octanol–water partition coefficient (Wildman–Crippen LogP) is 2.33. The third-order valence-electron chi connectivity index (χ3n) is 2.38. The molecule has 5 nitrogen and oxygen atoms in total. The van der Waals surface area contributed by atoms with Crippen LogP contribution in [0.25, 0.3) is 0 Å². The molecule has 1 aromatic carbocycles. The number of benzene rings is 1. The molecule has 0 aliphatic carbocycles. The number of carboxylic acid groups (broad SMARTS) is 1. The van der Waals surface area contributed by atoms with Crippen molar-refractivity contribution < 1.29 is 14.7 Å². The highest BCUT2D eigenvalue weighted by molar-refractivity contribution is 7.09. The largest absolute Gasteiger partial charge is 0.476 e. The fourth-order valence-corrected chi connectivity index (χ4v) is 2.32. The number of aryl methyl sites for hydroxylation is 1. The van der Waals surface area contributed by atoms with Crippen LogP contribution in [-0.2, 0) is 11.2 Å². The molecule has 0 aliphatic rings. The Hall–Kier alpha value is -2.21. The number of nitrogens with one attached hydrogen (secondary N) is 1. The summed E-state index contributed by atoms with van der Waals surface area (Å²) in [7, 11) is 0. The highest BCUT2D eigenvalue weighted by Gasteiger charge is 2.11. The van der Waals surface area contributed by atoms with Crippen molar-refractivity contribution in [3.8, 4) is 0 Å². The molecule has 0 saturated carbocycles. The monoisotopic (exact) mass is 276 g/mol. The van der Waals surface area contributed by atoms with Gasteiger partial charge in [-0.1, -0.05) is 12.1 Å². The van der Waals surface area contributed by atoms with Gasteiger partial charge >= 0.3 is 5.97 Å². The van der Waals surface area contributed by atoms with Crippen LogP contribution in [0.15, 0.2) is 29.6 Å². The molecule has 0 saturated heterocycles. The van der Waals surface area contributed by atoms with Gasteiger partial charge in [0.15, 0.2) is 5.69 Å². The lowest BCUT2D eigenvalue weighted by atomic mass is 10.2. The normalized spacial score (nSPS) is 10.2. The Bertz CT molecular complexity index is 622. The van der Waals surface area contributed by atoms with Gasteiger partial charge in [0.25, 0.3) is 0 Å². The van der Waals surface area contributed by atoms with Gasteiger partial charge in [-0.05, 0) is 24.6 Å². The summed E-state index contributed by atoms with van der Waals surface area (Å²) in [5, 5.41) is 13.4. The zero-order valence-electron chi connectivity index (χ0n) is 10.2. The minimum atomic E-state index is -1.08. The molecule has 1 aromatic heterocycles. The zero-order valence-corrected chi connectivity index (χ0v) is 11.0. The maximum atomic E-state index is 11.8.